The first-order chi connectivity index (χ1) is 8.49. The number of nitrogens with zero attached hydrogens (tertiary/aromatic N) is 1. The minimum atomic E-state index is -1.25. The van der Waals surface area contributed by atoms with Crippen LogP contribution >= 0.6 is 0 Å². The van der Waals surface area contributed by atoms with E-state index < -0.39 is 17.0 Å². The van der Waals surface area contributed by atoms with Crippen LogP contribution in [0.4, 0.5) is 5.69 Å². The van der Waals surface area contributed by atoms with Crippen molar-refractivity contribution in [3.63, 3.8) is 0 Å². The number of carbonyl (C=O) groups is 1. The number of nitro benzene ring substituents is 1. The standard InChI is InChI=1S/C10H12N2O6/c1-17-8-3-2-6(4-7(8)12(15)16)18-9(5-11)10(13)14/h2-4,9H,5,11H2,1H3,(H,13,14). The lowest BCUT2D eigenvalue weighted by Crippen LogP contribution is -2.34. The highest BCUT2D eigenvalue weighted by Crippen LogP contribution is 2.31. The van der Waals surface area contributed by atoms with Crippen molar-refractivity contribution >= 4 is 11.7 Å². The fraction of sp³-hybridized carbons (Fsp3) is 0.300. The molecule has 0 saturated heterocycles. The molecule has 1 unspecified atom stereocenters. The van der Waals surface area contributed by atoms with Crippen molar-refractivity contribution in [3.8, 4) is 11.5 Å². The Kier molecular flexibility index (Phi) is 4.44. The largest absolute Gasteiger partial charge is 0.490 e. The Morgan fingerprint density at radius 2 is 2.28 bits per heavy atom. The van der Waals surface area contributed by atoms with E-state index in [1.165, 1.54) is 19.2 Å². The first-order valence-corrected chi connectivity index (χ1v) is 4.91. The summed E-state index contributed by atoms with van der Waals surface area (Å²) in [7, 11) is 1.29. The summed E-state index contributed by atoms with van der Waals surface area (Å²) >= 11 is 0. The molecule has 0 bridgehead atoms. The SMILES string of the molecule is COc1ccc(OC(CN)C(=O)O)cc1[N+](=O)[O-]. The summed E-state index contributed by atoms with van der Waals surface area (Å²) in [6.07, 6.45) is -1.25. The van der Waals surface area contributed by atoms with E-state index in [0.717, 1.165) is 6.07 Å². The molecule has 8 heteroatoms. The molecule has 0 aliphatic heterocycles. The topological polar surface area (TPSA) is 125 Å². The summed E-state index contributed by atoms with van der Waals surface area (Å²) in [5.74, 6) is -1.14. The Morgan fingerprint density at radius 1 is 1.61 bits per heavy atom. The summed E-state index contributed by atoms with van der Waals surface area (Å²) in [6, 6.07) is 3.78. The number of ether oxygens (including phenoxy) is 2. The number of methoxy groups -OCH3 is 1. The van der Waals surface area contributed by atoms with Crippen LogP contribution in [0.1, 0.15) is 0 Å². The van der Waals surface area contributed by atoms with E-state index in [-0.39, 0.29) is 23.7 Å². The number of carboxylic acid groups (broad SMARTS) is 1. The van der Waals surface area contributed by atoms with Crippen molar-refractivity contribution in [1.82, 2.24) is 0 Å². The van der Waals surface area contributed by atoms with Crippen molar-refractivity contribution < 1.29 is 24.3 Å². The molecule has 1 atom stereocenters. The zero-order valence-electron chi connectivity index (χ0n) is 9.53. The van der Waals surface area contributed by atoms with Gasteiger partial charge in [0.05, 0.1) is 18.1 Å². The average Bonchev–Trinajstić information content (AvgIpc) is 2.35. The highest BCUT2D eigenvalue weighted by atomic mass is 16.6. The predicted molar refractivity (Wildman–Crippen MR) is 60.8 cm³/mol. The molecule has 0 aliphatic rings. The van der Waals surface area contributed by atoms with Crippen molar-refractivity contribution in [1.29, 1.82) is 0 Å². The van der Waals surface area contributed by atoms with Crippen molar-refractivity contribution in [2.24, 2.45) is 5.73 Å². The lowest BCUT2D eigenvalue weighted by Gasteiger charge is -2.13. The third-order valence-electron chi connectivity index (χ3n) is 2.11. The van der Waals surface area contributed by atoms with Gasteiger partial charge in [0.15, 0.2) is 5.75 Å². The molecule has 0 radical (unpaired) electrons. The molecule has 8 nitrogen and oxygen atoms in total. The van der Waals surface area contributed by atoms with Crippen molar-refractivity contribution in [2.75, 3.05) is 13.7 Å². The van der Waals surface area contributed by atoms with Gasteiger partial charge in [-0.15, -0.1) is 0 Å². The van der Waals surface area contributed by atoms with Gasteiger partial charge in [0.2, 0.25) is 6.10 Å². The summed E-state index contributed by atoms with van der Waals surface area (Å²) in [4.78, 5) is 20.8. The molecule has 18 heavy (non-hydrogen) atoms. The molecule has 0 aliphatic carbocycles. The van der Waals surface area contributed by atoms with Crippen LogP contribution in [0.2, 0.25) is 0 Å². The van der Waals surface area contributed by atoms with Crippen LogP contribution in [-0.2, 0) is 4.79 Å². The molecular weight excluding hydrogens is 244 g/mol. The normalized spacial score (nSPS) is 11.7. The first-order valence-electron chi connectivity index (χ1n) is 4.91. The van der Waals surface area contributed by atoms with Crippen molar-refractivity contribution in [2.45, 2.75) is 6.10 Å². The van der Waals surface area contributed by atoms with Crippen molar-refractivity contribution in [3.05, 3.63) is 28.3 Å². The summed E-state index contributed by atoms with van der Waals surface area (Å²) in [6.45, 7) is -0.241. The van der Waals surface area contributed by atoms with Gasteiger partial charge in [-0.05, 0) is 12.1 Å². The Hall–Kier alpha value is -2.35. The van der Waals surface area contributed by atoms with E-state index in [1.807, 2.05) is 0 Å². The van der Waals surface area contributed by atoms with Crippen LogP contribution < -0.4 is 15.2 Å². The van der Waals surface area contributed by atoms with Gasteiger partial charge < -0.3 is 20.3 Å². The smallest absolute Gasteiger partial charge is 0.346 e. The zero-order chi connectivity index (χ0) is 13.7. The molecule has 98 valence electrons. The third-order valence-corrected chi connectivity index (χ3v) is 2.11. The number of aliphatic carboxylic acids is 1. The van der Waals surface area contributed by atoms with E-state index in [1.54, 1.807) is 0 Å². The molecule has 0 heterocycles. The fourth-order valence-electron chi connectivity index (χ4n) is 1.25. The number of nitro groups is 1. The number of nitrogens with two attached hydrogens (primary N) is 1. The van der Waals surface area contributed by atoms with Gasteiger partial charge in [-0.25, -0.2) is 4.79 Å². The van der Waals surface area contributed by atoms with Gasteiger partial charge in [0, 0.05) is 6.54 Å². The highest BCUT2D eigenvalue weighted by Gasteiger charge is 2.20. The van der Waals surface area contributed by atoms with Gasteiger partial charge in [-0.2, -0.15) is 0 Å². The Morgan fingerprint density at radius 3 is 2.72 bits per heavy atom. The average molecular weight is 256 g/mol. The van der Waals surface area contributed by atoms with E-state index in [0.29, 0.717) is 0 Å². The maximum atomic E-state index is 10.8. The number of benzene rings is 1. The minimum absolute atomic E-state index is 0.0420. The second-order valence-electron chi connectivity index (χ2n) is 3.27. The van der Waals surface area contributed by atoms with Crippen LogP contribution in [0.25, 0.3) is 0 Å². The Labute approximate surface area is 102 Å². The monoisotopic (exact) mass is 256 g/mol. The molecule has 0 fully saturated rings. The number of hydrogen-bond donors (Lipinski definition) is 2. The summed E-state index contributed by atoms with van der Waals surface area (Å²) in [5.41, 5.74) is 4.90. The zero-order valence-corrected chi connectivity index (χ0v) is 9.53. The van der Waals surface area contributed by atoms with Gasteiger partial charge >= 0.3 is 11.7 Å². The van der Waals surface area contributed by atoms with Gasteiger partial charge in [-0.3, -0.25) is 10.1 Å². The van der Waals surface area contributed by atoms with Crippen LogP contribution in [-0.4, -0.2) is 35.8 Å². The maximum absolute atomic E-state index is 10.8. The minimum Gasteiger partial charge on any atom is -0.490 e. The summed E-state index contributed by atoms with van der Waals surface area (Å²) < 4.78 is 9.83. The lowest BCUT2D eigenvalue weighted by molar-refractivity contribution is -0.385. The van der Waals surface area contributed by atoms with Crippen LogP contribution in [0.5, 0.6) is 11.5 Å². The molecule has 1 aromatic rings. The number of rotatable bonds is 6. The molecule has 0 amide bonds. The highest BCUT2D eigenvalue weighted by molar-refractivity contribution is 5.73. The van der Waals surface area contributed by atoms with E-state index >= 15 is 0 Å². The molecule has 3 N–H and O–H groups in total. The van der Waals surface area contributed by atoms with E-state index in [4.69, 9.17) is 20.3 Å². The molecule has 1 rings (SSSR count). The Bertz CT molecular complexity index is 462. The molecule has 0 aromatic heterocycles. The maximum Gasteiger partial charge on any atom is 0.346 e. The molecule has 1 aromatic carbocycles. The fourth-order valence-corrected chi connectivity index (χ4v) is 1.25. The van der Waals surface area contributed by atoms with Gasteiger partial charge in [-0.1, -0.05) is 0 Å². The van der Waals surface area contributed by atoms with Crippen LogP contribution in [0.15, 0.2) is 18.2 Å². The second kappa shape index (κ2) is 5.82. The van der Waals surface area contributed by atoms with E-state index in [2.05, 4.69) is 0 Å². The molecular formula is C10H12N2O6. The predicted octanol–water partition coefficient (Wildman–Crippen LogP) is 0.394. The summed E-state index contributed by atoms with van der Waals surface area (Å²) in [5, 5.41) is 19.5. The first kappa shape index (κ1) is 13.7. The Balaban J connectivity index is 3.01. The quantitative estimate of drug-likeness (QED) is 0.557. The molecule has 0 saturated carbocycles. The van der Waals surface area contributed by atoms with E-state index in [9.17, 15) is 14.9 Å². The van der Waals surface area contributed by atoms with Gasteiger partial charge in [0.1, 0.15) is 5.75 Å². The van der Waals surface area contributed by atoms with Crippen LogP contribution in [0, 0.1) is 10.1 Å². The van der Waals surface area contributed by atoms with Crippen LogP contribution in [0.3, 0.4) is 0 Å². The number of hydrogen-bond acceptors (Lipinski definition) is 6. The van der Waals surface area contributed by atoms with Gasteiger partial charge in [0.25, 0.3) is 0 Å². The lowest BCUT2D eigenvalue weighted by atomic mass is 10.2. The number of carboxylic acids is 1. The second-order valence-corrected chi connectivity index (χ2v) is 3.27. The molecule has 0 spiro atoms. The third kappa shape index (κ3) is 3.08.